The van der Waals surface area contributed by atoms with Crippen LogP contribution in [-0.4, -0.2) is 70.7 Å². The van der Waals surface area contributed by atoms with Crippen LogP contribution in [0.3, 0.4) is 0 Å². The molecule has 11 heteroatoms. The van der Waals surface area contributed by atoms with Gasteiger partial charge in [-0.15, -0.1) is 0 Å². The van der Waals surface area contributed by atoms with E-state index in [0.29, 0.717) is 73.0 Å². The zero-order valence-corrected chi connectivity index (χ0v) is 28.3. The number of aromatic nitrogens is 2. The van der Waals surface area contributed by atoms with Crippen molar-refractivity contribution in [1.82, 2.24) is 9.38 Å². The van der Waals surface area contributed by atoms with Gasteiger partial charge in [-0.05, 0) is 83.7 Å². The quantitative estimate of drug-likeness (QED) is 0.227. The molecular weight excluding hydrogens is 620 g/mol. The molecule has 0 radical (unpaired) electrons. The number of halogens is 2. The second-order valence-electron chi connectivity index (χ2n) is 14.0. The van der Waals surface area contributed by atoms with Gasteiger partial charge in [0.15, 0.2) is 17.7 Å². The zero-order valence-electron chi connectivity index (χ0n) is 28.3. The number of imidazole rings is 1. The molecule has 1 fully saturated rings. The molecule has 0 saturated carbocycles. The fourth-order valence-electron chi connectivity index (χ4n) is 6.50. The van der Waals surface area contributed by atoms with Gasteiger partial charge >= 0.3 is 5.97 Å². The maximum absolute atomic E-state index is 14.6. The summed E-state index contributed by atoms with van der Waals surface area (Å²) in [6.45, 7) is 13.5. The Labute approximate surface area is 279 Å². The van der Waals surface area contributed by atoms with E-state index in [4.69, 9.17) is 23.9 Å². The highest BCUT2D eigenvalue weighted by molar-refractivity contribution is 5.80. The van der Waals surface area contributed by atoms with Gasteiger partial charge < -0.3 is 29.0 Å². The van der Waals surface area contributed by atoms with Gasteiger partial charge in [0, 0.05) is 42.0 Å². The molecule has 256 valence electrons. The Balaban J connectivity index is 1.54. The van der Waals surface area contributed by atoms with Crippen molar-refractivity contribution in [3.8, 4) is 28.1 Å². The number of carboxylic acids is 1. The zero-order chi connectivity index (χ0) is 34.4. The Morgan fingerprint density at radius 2 is 1.79 bits per heavy atom. The second-order valence-corrected chi connectivity index (χ2v) is 14.0. The largest absolute Gasteiger partial charge is 0.488 e. The number of hydrogen-bond acceptors (Lipinski definition) is 7. The highest BCUT2D eigenvalue weighted by Crippen LogP contribution is 2.40. The maximum atomic E-state index is 14.6. The van der Waals surface area contributed by atoms with E-state index in [1.54, 1.807) is 0 Å². The van der Waals surface area contributed by atoms with Crippen LogP contribution in [0.1, 0.15) is 64.7 Å². The minimum Gasteiger partial charge on any atom is -0.488 e. The fraction of sp³-hybridized carbons (Fsp3) is 0.459. The number of rotatable bonds is 3. The lowest BCUT2D eigenvalue weighted by atomic mass is 9.92. The Morgan fingerprint density at radius 3 is 2.50 bits per heavy atom. The predicted octanol–water partition coefficient (Wildman–Crippen LogP) is 7.37. The van der Waals surface area contributed by atoms with Gasteiger partial charge in [-0.3, -0.25) is 4.40 Å². The molecule has 1 N–H and O–H groups in total. The first-order valence-corrected chi connectivity index (χ1v) is 16.4. The number of hydrogen-bond donors (Lipinski definition) is 1. The number of benzene rings is 2. The molecule has 1 saturated heterocycles. The molecule has 7 rings (SSSR count). The van der Waals surface area contributed by atoms with E-state index in [1.807, 2.05) is 75.5 Å². The third-order valence-electron chi connectivity index (χ3n) is 8.90. The molecule has 3 aliphatic rings. The van der Waals surface area contributed by atoms with Gasteiger partial charge in [0.2, 0.25) is 0 Å². The summed E-state index contributed by atoms with van der Waals surface area (Å²) in [4.78, 5) is 20.0. The van der Waals surface area contributed by atoms with E-state index >= 15 is 0 Å². The van der Waals surface area contributed by atoms with Gasteiger partial charge in [-0.2, -0.15) is 0 Å². The molecule has 2 aromatic heterocycles. The number of pyridine rings is 1. The van der Waals surface area contributed by atoms with Crippen molar-refractivity contribution in [3.05, 3.63) is 71.4 Å². The SMILES string of the molecule is Cc1cc2nc3cn2c(c1[C@H](OC(C)(C)C)C(=O)O)N1CCC(C)(CC1)OCCOC[C@H](C)Oc1cc(F)c(F)cc1-c1cccc-3c1. The van der Waals surface area contributed by atoms with Crippen molar-refractivity contribution < 1.29 is 37.6 Å². The molecule has 48 heavy (non-hydrogen) atoms. The summed E-state index contributed by atoms with van der Waals surface area (Å²) in [5, 5.41) is 10.5. The molecule has 6 bridgehead atoms. The van der Waals surface area contributed by atoms with Crippen molar-refractivity contribution in [1.29, 1.82) is 0 Å². The number of piperidine rings is 1. The third-order valence-corrected chi connectivity index (χ3v) is 8.90. The fourth-order valence-corrected chi connectivity index (χ4v) is 6.50. The molecule has 4 aromatic rings. The topological polar surface area (TPSA) is 94.8 Å². The van der Waals surface area contributed by atoms with Crippen LogP contribution in [0.2, 0.25) is 0 Å². The van der Waals surface area contributed by atoms with Crippen molar-refractivity contribution in [2.75, 3.05) is 37.8 Å². The van der Waals surface area contributed by atoms with Crippen molar-refractivity contribution in [3.63, 3.8) is 0 Å². The maximum Gasteiger partial charge on any atom is 0.337 e. The first-order valence-electron chi connectivity index (χ1n) is 16.4. The Kier molecular flexibility index (Phi) is 9.23. The van der Waals surface area contributed by atoms with Gasteiger partial charge in [0.1, 0.15) is 23.3 Å². The van der Waals surface area contributed by atoms with Crippen LogP contribution < -0.4 is 9.64 Å². The molecule has 0 amide bonds. The number of aliphatic carboxylic acids is 1. The van der Waals surface area contributed by atoms with Crippen LogP contribution in [0.4, 0.5) is 14.6 Å². The van der Waals surface area contributed by atoms with E-state index < -0.39 is 41.0 Å². The standard InChI is InChI=1S/C37H43F2N3O6/c1-22-16-31-40-29-20-42(31)34(32(22)33(35(43)44)48-36(3,4)5)41-12-10-37(6,11-13-41)46-15-14-45-21-23(2)47-30-19-28(39)27(38)18-26(30)24-8-7-9-25(29)17-24/h7-9,16-20,23,33H,10-15,21H2,1-6H3,(H,43,44)/t23-,33-/m0/s1. The van der Waals surface area contributed by atoms with Gasteiger partial charge in [-0.1, -0.05) is 18.2 Å². The normalized spacial score (nSPS) is 21.2. The lowest BCUT2D eigenvalue weighted by Gasteiger charge is -2.41. The number of fused-ring (bicyclic) bond motifs is 8. The molecular formula is C37H43F2N3O6. The van der Waals surface area contributed by atoms with Gasteiger partial charge in [-0.25, -0.2) is 18.6 Å². The third kappa shape index (κ3) is 7.04. The molecule has 9 nitrogen and oxygen atoms in total. The summed E-state index contributed by atoms with van der Waals surface area (Å²) in [6, 6.07) is 11.5. The smallest absolute Gasteiger partial charge is 0.337 e. The van der Waals surface area contributed by atoms with E-state index in [1.165, 1.54) is 0 Å². The van der Waals surface area contributed by atoms with Crippen molar-refractivity contribution in [2.24, 2.45) is 0 Å². The average molecular weight is 664 g/mol. The lowest BCUT2D eigenvalue weighted by Crippen LogP contribution is -2.46. The number of carboxylic acid groups (broad SMARTS) is 1. The molecule has 0 spiro atoms. The minimum atomic E-state index is -1.22. The first-order chi connectivity index (χ1) is 22.7. The number of ether oxygens (including phenoxy) is 4. The molecule has 5 heterocycles. The van der Waals surface area contributed by atoms with Crippen molar-refractivity contribution >= 4 is 17.4 Å². The number of carbonyl (C=O) groups is 1. The number of nitrogens with zero attached hydrogens (tertiary/aromatic N) is 3. The summed E-state index contributed by atoms with van der Waals surface area (Å²) >= 11 is 0. The highest BCUT2D eigenvalue weighted by atomic mass is 19.2. The van der Waals surface area contributed by atoms with E-state index in [9.17, 15) is 18.7 Å². The van der Waals surface area contributed by atoms with Crippen LogP contribution >= 0.6 is 0 Å². The number of anilines is 1. The van der Waals surface area contributed by atoms with Gasteiger partial charge in [0.25, 0.3) is 0 Å². The van der Waals surface area contributed by atoms with Crippen LogP contribution in [0, 0.1) is 18.6 Å². The van der Waals surface area contributed by atoms with Crippen LogP contribution in [0.15, 0.2) is 48.7 Å². The van der Waals surface area contributed by atoms with E-state index in [-0.39, 0.29) is 12.4 Å². The summed E-state index contributed by atoms with van der Waals surface area (Å²) in [7, 11) is 0. The van der Waals surface area contributed by atoms with Crippen LogP contribution in [0.25, 0.3) is 28.0 Å². The van der Waals surface area contributed by atoms with Gasteiger partial charge in [0.05, 0.1) is 36.7 Å². The molecule has 3 aliphatic heterocycles. The minimum absolute atomic E-state index is 0.196. The lowest BCUT2D eigenvalue weighted by molar-refractivity contribution is -0.160. The molecule has 2 aromatic carbocycles. The number of aryl methyl sites for hydroxylation is 1. The monoisotopic (exact) mass is 663 g/mol. The second kappa shape index (κ2) is 13.1. The van der Waals surface area contributed by atoms with E-state index in [0.717, 1.165) is 23.3 Å². The van der Waals surface area contributed by atoms with Crippen LogP contribution in [-0.2, 0) is 19.0 Å². The first kappa shape index (κ1) is 33.8. The summed E-state index contributed by atoms with van der Waals surface area (Å²) in [5.74, 6) is -2.16. The summed E-state index contributed by atoms with van der Waals surface area (Å²) in [5.41, 5.74) is 3.22. The highest BCUT2D eigenvalue weighted by Gasteiger charge is 2.37. The molecule has 0 unspecified atom stereocenters. The Hall–Kier alpha value is -4.06. The Morgan fingerprint density at radius 1 is 1.08 bits per heavy atom. The van der Waals surface area contributed by atoms with Crippen molar-refractivity contribution in [2.45, 2.75) is 77.8 Å². The predicted molar refractivity (Wildman–Crippen MR) is 179 cm³/mol. The summed E-state index contributed by atoms with van der Waals surface area (Å²) in [6.07, 6.45) is 1.66. The summed E-state index contributed by atoms with van der Waals surface area (Å²) < 4.78 is 55.5. The van der Waals surface area contributed by atoms with Crippen LogP contribution in [0.5, 0.6) is 5.75 Å². The van der Waals surface area contributed by atoms with E-state index in [2.05, 4.69) is 11.8 Å². The average Bonchev–Trinajstić information content (AvgIpc) is 3.44. The Bertz CT molecular complexity index is 1830. The molecule has 0 aliphatic carbocycles. The molecule has 2 atom stereocenters.